The van der Waals surface area contributed by atoms with Crippen molar-refractivity contribution < 1.29 is 14.3 Å². The topological polar surface area (TPSA) is 38.8 Å². The smallest absolute Gasteiger partial charge is 0.305 e. The van der Waals surface area contributed by atoms with Gasteiger partial charge in [0.05, 0.1) is 12.7 Å². The van der Waals surface area contributed by atoms with Gasteiger partial charge >= 0.3 is 5.97 Å². The molecular formula is C24H47NO3. The van der Waals surface area contributed by atoms with Gasteiger partial charge < -0.3 is 14.4 Å². The van der Waals surface area contributed by atoms with Gasteiger partial charge in [-0.25, -0.2) is 0 Å². The Morgan fingerprint density at radius 2 is 1.64 bits per heavy atom. The van der Waals surface area contributed by atoms with Crippen LogP contribution in [0.2, 0.25) is 0 Å². The van der Waals surface area contributed by atoms with E-state index in [-0.39, 0.29) is 5.97 Å². The minimum absolute atomic E-state index is 0.0379. The van der Waals surface area contributed by atoms with Crippen molar-refractivity contribution in [1.29, 1.82) is 0 Å². The predicted molar refractivity (Wildman–Crippen MR) is 120 cm³/mol. The summed E-state index contributed by atoms with van der Waals surface area (Å²) in [5.74, 6) is -0.0379. The first-order chi connectivity index (χ1) is 13.6. The molecule has 1 unspecified atom stereocenters. The minimum Gasteiger partial charge on any atom is -0.466 e. The number of carbonyl (C=O) groups is 1. The third-order valence-electron chi connectivity index (χ3n) is 5.04. The van der Waals surface area contributed by atoms with Crippen molar-refractivity contribution in [2.45, 2.75) is 103 Å². The molecule has 0 aromatic carbocycles. The lowest BCUT2D eigenvalue weighted by molar-refractivity contribution is -0.143. The normalized spacial score (nSPS) is 12.8. The quantitative estimate of drug-likeness (QED) is 0.140. The molecule has 0 amide bonds. The van der Waals surface area contributed by atoms with E-state index < -0.39 is 0 Å². The largest absolute Gasteiger partial charge is 0.466 e. The van der Waals surface area contributed by atoms with E-state index in [1.165, 1.54) is 51.4 Å². The fraction of sp³-hybridized carbons (Fsp3) is 0.875. The zero-order valence-corrected chi connectivity index (χ0v) is 19.2. The summed E-state index contributed by atoms with van der Waals surface area (Å²) in [4.78, 5) is 13.7. The zero-order valence-electron chi connectivity index (χ0n) is 19.2. The molecule has 28 heavy (non-hydrogen) atoms. The molecular weight excluding hydrogens is 350 g/mol. The van der Waals surface area contributed by atoms with Crippen LogP contribution < -0.4 is 0 Å². The second-order valence-electron chi connectivity index (χ2n) is 8.10. The van der Waals surface area contributed by atoms with Gasteiger partial charge in [0.2, 0.25) is 0 Å². The van der Waals surface area contributed by atoms with Crippen LogP contribution in [-0.4, -0.2) is 51.3 Å². The highest BCUT2D eigenvalue weighted by Gasteiger charge is 2.04. The predicted octanol–water partition coefficient (Wildman–Crippen LogP) is 6.14. The summed E-state index contributed by atoms with van der Waals surface area (Å²) < 4.78 is 10.8. The van der Waals surface area contributed by atoms with E-state index in [1.807, 2.05) is 21.2 Å². The third-order valence-corrected chi connectivity index (χ3v) is 5.04. The van der Waals surface area contributed by atoms with Gasteiger partial charge in [0, 0.05) is 20.1 Å². The van der Waals surface area contributed by atoms with E-state index in [4.69, 9.17) is 9.47 Å². The first-order valence-electron chi connectivity index (χ1n) is 11.6. The molecule has 4 nitrogen and oxygen atoms in total. The van der Waals surface area contributed by atoms with Gasteiger partial charge in [-0.2, -0.15) is 0 Å². The number of methoxy groups -OCH3 is 1. The van der Waals surface area contributed by atoms with E-state index in [0.717, 1.165) is 38.6 Å². The first kappa shape index (κ1) is 27.1. The molecule has 0 saturated carbocycles. The van der Waals surface area contributed by atoms with E-state index in [2.05, 4.69) is 24.0 Å². The second-order valence-corrected chi connectivity index (χ2v) is 8.10. The van der Waals surface area contributed by atoms with Gasteiger partial charge in [0.25, 0.3) is 0 Å². The molecule has 0 aliphatic carbocycles. The number of esters is 1. The van der Waals surface area contributed by atoms with Gasteiger partial charge in [-0.15, -0.1) is 0 Å². The molecule has 0 spiro atoms. The maximum Gasteiger partial charge on any atom is 0.305 e. The van der Waals surface area contributed by atoms with E-state index in [1.54, 1.807) is 0 Å². The number of hydrogen-bond acceptors (Lipinski definition) is 4. The zero-order chi connectivity index (χ0) is 20.9. The third kappa shape index (κ3) is 19.9. The molecule has 0 bridgehead atoms. The van der Waals surface area contributed by atoms with Crippen LogP contribution in [-0.2, 0) is 14.3 Å². The van der Waals surface area contributed by atoms with Crippen LogP contribution in [0, 0.1) is 0 Å². The Kier molecular flexibility index (Phi) is 20.2. The Morgan fingerprint density at radius 1 is 0.929 bits per heavy atom. The number of nitrogens with zero attached hydrogens (tertiary/aromatic N) is 1. The van der Waals surface area contributed by atoms with Crippen molar-refractivity contribution in [3.8, 4) is 0 Å². The van der Waals surface area contributed by atoms with Gasteiger partial charge in [0.15, 0.2) is 0 Å². The van der Waals surface area contributed by atoms with Crippen molar-refractivity contribution in [2.24, 2.45) is 0 Å². The molecule has 4 heteroatoms. The van der Waals surface area contributed by atoms with Gasteiger partial charge in [-0.05, 0) is 52.6 Å². The van der Waals surface area contributed by atoms with Gasteiger partial charge in [-0.3, -0.25) is 4.79 Å². The number of hydrogen-bond donors (Lipinski definition) is 0. The fourth-order valence-electron chi connectivity index (χ4n) is 3.20. The number of allylic oxidation sites excluding steroid dienone is 1. The fourth-order valence-corrected chi connectivity index (χ4v) is 3.20. The lowest BCUT2D eigenvalue weighted by Gasteiger charge is -2.12. The lowest BCUT2D eigenvalue weighted by atomic mass is 10.1. The summed E-state index contributed by atoms with van der Waals surface area (Å²) in [6, 6.07) is 0. The summed E-state index contributed by atoms with van der Waals surface area (Å²) in [5, 5.41) is 0. The van der Waals surface area contributed by atoms with Crippen molar-refractivity contribution in [1.82, 2.24) is 4.90 Å². The summed E-state index contributed by atoms with van der Waals surface area (Å²) >= 11 is 0. The molecule has 0 N–H and O–H groups in total. The summed E-state index contributed by atoms with van der Waals surface area (Å²) in [6.07, 6.45) is 20.8. The Labute approximate surface area is 175 Å². The molecule has 0 aromatic rings. The highest BCUT2D eigenvalue weighted by molar-refractivity contribution is 5.69. The van der Waals surface area contributed by atoms with Crippen LogP contribution in [0.4, 0.5) is 0 Å². The number of unbranched alkanes of at least 4 members (excludes halogenated alkanes) is 8. The Hall–Kier alpha value is -0.870. The maximum absolute atomic E-state index is 11.6. The Morgan fingerprint density at radius 3 is 2.36 bits per heavy atom. The van der Waals surface area contributed by atoms with Crippen LogP contribution in [0.1, 0.15) is 96.8 Å². The van der Waals surface area contributed by atoms with Crippen molar-refractivity contribution in [3.05, 3.63) is 12.2 Å². The van der Waals surface area contributed by atoms with Gasteiger partial charge in [-0.1, -0.05) is 64.0 Å². The number of ether oxygens (including phenoxy) is 2. The number of rotatable bonds is 20. The van der Waals surface area contributed by atoms with Crippen molar-refractivity contribution in [2.75, 3.05) is 34.4 Å². The monoisotopic (exact) mass is 397 g/mol. The molecule has 0 aliphatic heterocycles. The highest BCUT2D eigenvalue weighted by Crippen LogP contribution is 2.12. The van der Waals surface area contributed by atoms with Crippen molar-refractivity contribution >= 4 is 5.97 Å². The van der Waals surface area contributed by atoms with Crippen LogP contribution in [0.5, 0.6) is 0 Å². The van der Waals surface area contributed by atoms with E-state index in [0.29, 0.717) is 19.1 Å². The molecule has 0 rings (SSSR count). The Balaban J connectivity index is 3.43. The average Bonchev–Trinajstić information content (AvgIpc) is 2.68. The van der Waals surface area contributed by atoms with E-state index >= 15 is 0 Å². The molecule has 0 aromatic heterocycles. The van der Waals surface area contributed by atoms with Gasteiger partial charge in [0.1, 0.15) is 0 Å². The second kappa shape index (κ2) is 20.9. The molecule has 0 saturated heterocycles. The summed E-state index contributed by atoms with van der Waals surface area (Å²) in [5.41, 5.74) is 0. The molecule has 0 radical (unpaired) electrons. The molecule has 0 aliphatic rings. The van der Waals surface area contributed by atoms with E-state index in [9.17, 15) is 4.79 Å². The maximum atomic E-state index is 11.6. The van der Waals surface area contributed by atoms with Crippen molar-refractivity contribution in [3.63, 3.8) is 0 Å². The number of carbonyl (C=O) groups excluding carboxylic acids is 1. The van der Waals surface area contributed by atoms with Crippen LogP contribution in [0.3, 0.4) is 0 Å². The summed E-state index contributed by atoms with van der Waals surface area (Å²) in [7, 11) is 5.89. The van der Waals surface area contributed by atoms with Crippen LogP contribution in [0.25, 0.3) is 0 Å². The van der Waals surface area contributed by atoms with Crippen LogP contribution in [0.15, 0.2) is 12.2 Å². The van der Waals surface area contributed by atoms with Crippen LogP contribution >= 0.6 is 0 Å². The minimum atomic E-state index is -0.0379. The molecule has 0 heterocycles. The molecule has 166 valence electrons. The highest BCUT2D eigenvalue weighted by atomic mass is 16.5. The summed E-state index contributed by atoms with van der Waals surface area (Å²) in [6.45, 7) is 3.76. The molecule has 0 fully saturated rings. The Bertz CT molecular complexity index is 369. The first-order valence-corrected chi connectivity index (χ1v) is 11.6. The molecule has 1 atom stereocenters. The average molecular weight is 398 g/mol. The SMILES string of the molecule is CCCCCCC(C/C=C/CCCCCCCC(=O)OCCCN(C)C)OC. The standard InChI is InChI=1S/C24H47NO3/c1-5-6-7-14-18-23(27-4)19-15-12-10-8-9-11-13-16-20-24(26)28-22-17-21-25(2)3/h12,15,23H,5-11,13-14,16-22H2,1-4H3/b15-12+. The lowest BCUT2D eigenvalue weighted by Crippen LogP contribution is -2.16.